The monoisotopic (exact) mass is 230 g/mol. The molecular formula is C11H15ClOS. The Labute approximate surface area is 93.7 Å². The van der Waals surface area contributed by atoms with Crippen LogP contribution in [-0.4, -0.2) is 5.11 Å². The van der Waals surface area contributed by atoms with Gasteiger partial charge in [0.15, 0.2) is 0 Å². The summed E-state index contributed by atoms with van der Waals surface area (Å²) < 4.78 is 0.764. The fourth-order valence-electron chi connectivity index (χ4n) is 2.27. The zero-order valence-corrected chi connectivity index (χ0v) is 9.87. The maximum absolute atomic E-state index is 10.2. The van der Waals surface area contributed by atoms with E-state index in [0.717, 1.165) is 22.1 Å². The molecule has 0 saturated heterocycles. The first-order valence-corrected chi connectivity index (χ1v) is 6.25. The molecule has 0 amide bonds. The molecule has 0 spiro atoms. The normalized spacial score (nSPS) is 22.5. The highest BCUT2D eigenvalue weighted by molar-refractivity contribution is 7.16. The Hall–Kier alpha value is -0.0500. The summed E-state index contributed by atoms with van der Waals surface area (Å²) in [5.74, 6) is 0. The second kappa shape index (κ2) is 3.84. The summed E-state index contributed by atoms with van der Waals surface area (Å²) in [5.41, 5.74) is 0.0776. The van der Waals surface area contributed by atoms with Crippen molar-refractivity contribution in [3.05, 3.63) is 21.3 Å². The van der Waals surface area contributed by atoms with E-state index in [1.807, 2.05) is 12.1 Å². The van der Waals surface area contributed by atoms with E-state index in [1.165, 1.54) is 24.2 Å². The second-order valence-electron chi connectivity index (χ2n) is 4.41. The zero-order valence-electron chi connectivity index (χ0n) is 8.29. The minimum Gasteiger partial charge on any atom is -0.387 e. The molecule has 1 aliphatic rings. The van der Waals surface area contributed by atoms with E-state index >= 15 is 0 Å². The summed E-state index contributed by atoms with van der Waals surface area (Å²) in [6, 6.07) is 3.81. The van der Waals surface area contributed by atoms with Gasteiger partial charge in [-0.05, 0) is 30.4 Å². The first-order valence-electron chi connectivity index (χ1n) is 5.05. The Balaban J connectivity index is 2.18. The lowest BCUT2D eigenvalue weighted by atomic mass is 9.82. The number of thiophene rings is 1. The number of aliphatic hydroxyl groups is 1. The molecule has 0 radical (unpaired) electrons. The highest BCUT2D eigenvalue weighted by Gasteiger charge is 2.37. The van der Waals surface area contributed by atoms with E-state index < -0.39 is 0 Å². The largest absolute Gasteiger partial charge is 0.387 e. The molecule has 1 unspecified atom stereocenters. The number of rotatable bonds is 2. The standard InChI is InChI=1S/C11H15ClOS/c1-11(6-2-3-7-11)10(13)8-4-5-9(12)14-8/h4-5,10,13H,2-3,6-7H2,1H3. The van der Waals surface area contributed by atoms with Crippen molar-refractivity contribution in [1.29, 1.82) is 0 Å². The highest BCUT2D eigenvalue weighted by Crippen LogP contribution is 2.48. The number of hydrogen-bond acceptors (Lipinski definition) is 2. The lowest BCUT2D eigenvalue weighted by molar-refractivity contribution is 0.0437. The van der Waals surface area contributed by atoms with Crippen molar-refractivity contribution in [1.82, 2.24) is 0 Å². The molecule has 1 saturated carbocycles. The Morgan fingerprint density at radius 3 is 2.57 bits per heavy atom. The van der Waals surface area contributed by atoms with Gasteiger partial charge in [0.25, 0.3) is 0 Å². The van der Waals surface area contributed by atoms with Crippen molar-refractivity contribution in [3.8, 4) is 0 Å². The summed E-state index contributed by atoms with van der Waals surface area (Å²) in [7, 11) is 0. The van der Waals surface area contributed by atoms with Crippen LogP contribution in [0.3, 0.4) is 0 Å². The van der Waals surface area contributed by atoms with Crippen molar-refractivity contribution < 1.29 is 5.11 Å². The lowest BCUT2D eigenvalue weighted by Crippen LogP contribution is -2.20. The second-order valence-corrected chi connectivity index (χ2v) is 6.15. The topological polar surface area (TPSA) is 20.2 Å². The molecule has 1 aromatic rings. The van der Waals surface area contributed by atoms with Gasteiger partial charge < -0.3 is 5.11 Å². The van der Waals surface area contributed by atoms with E-state index in [9.17, 15) is 5.11 Å². The Bertz CT molecular complexity index is 315. The van der Waals surface area contributed by atoms with Gasteiger partial charge in [-0.25, -0.2) is 0 Å². The molecule has 2 rings (SSSR count). The minimum atomic E-state index is -0.331. The first-order chi connectivity index (χ1) is 6.62. The molecule has 1 fully saturated rings. The maximum atomic E-state index is 10.2. The third kappa shape index (κ3) is 1.83. The van der Waals surface area contributed by atoms with Gasteiger partial charge in [-0.1, -0.05) is 31.4 Å². The van der Waals surface area contributed by atoms with E-state index in [2.05, 4.69) is 6.92 Å². The third-order valence-electron chi connectivity index (χ3n) is 3.27. The Morgan fingerprint density at radius 1 is 1.43 bits per heavy atom. The van der Waals surface area contributed by atoms with Crippen molar-refractivity contribution in [2.45, 2.75) is 38.7 Å². The van der Waals surface area contributed by atoms with Gasteiger partial charge in [-0.2, -0.15) is 0 Å². The molecule has 1 nitrogen and oxygen atoms in total. The van der Waals surface area contributed by atoms with Crippen LogP contribution in [-0.2, 0) is 0 Å². The van der Waals surface area contributed by atoms with Crippen molar-refractivity contribution >= 4 is 22.9 Å². The van der Waals surface area contributed by atoms with E-state index in [-0.39, 0.29) is 11.5 Å². The van der Waals surface area contributed by atoms with Gasteiger partial charge in [0.05, 0.1) is 10.4 Å². The molecule has 1 atom stereocenters. The van der Waals surface area contributed by atoms with Gasteiger partial charge in [-0.15, -0.1) is 11.3 Å². The minimum absolute atomic E-state index is 0.0776. The van der Waals surface area contributed by atoms with Crippen LogP contribution in [0, 0.1) is 5.41 Å². The van der Waals surface area contributed by atoms with Crippen LogP contribution >= 0.6 is 22.9 Å². The van der Waals surface area contributed by atoms with Gasteiger partial charge in [0, 0.05) is 4.88 Å². The van der Waals surface area contributed by atoms with Gasteiger partial charge in [-0.3, -0.25) is 0 Å². The van der Waals surface area contributed by atoms with E-state index in [0.29, 0.717) is 0 Å². The fraction of sp³-hybridized carbons (Fsp3) is 0.636. The van der Waals surface area contributed by atoms with Gasteiger partial charge >= 0.3 is 0 Å². The SMILES string of the molecule is CC1(C(O)c2ccc(Cl)s2)CCCC1. The summed E-state index contributed by atoms with van der Waals surface area (Å²) in [4.78, 5) is 1.01. The molecule has 0 aromatic carbocycles. The number of hydrogen-bond donors (Lipinski definition) is 1. The average molecular weight is 231 g/mol. The molecule has 14 heavy (non-hydrogen) atoms. The number of halogens is 1. The predicted octanol–water partition coefficient (Wildman–Crippen LogP) is 4.02. The quantitative estimate of drug-likeness (QED) is 0.814. The van der Waals surface area contributed by atoms with Crippen LogP contribution in [0.5, 0.6) is 0 Å². The summed E-state index contributed by atoms with van der Waals surface area (Å²) in [5, 5.41) is 10.2. The molecule has 0 bridgehead atoms. The number of aliphatic hydroxyl groups excluding tert-OH is 1. The fourth-order valence-corrected chi connectivity index (χ4v) is 3.50. The molecule has 1 aromatic heterocycles. The summed E-state index contributed by atoms with van der Waals surface area (Å²) >= 11 is 7.36. The van der Waals surface area contributed by atoms with Crippen LogP contribution in [0.2, 0.25) is 4.34 Å². The van der Waals surface area contributed by atoms with Crippen LogP contribution in [0.15, 0.2) is 12.1 Å². The molecule has 1 aliphatic carbocycles. The Kier molecular flexibility index (Phi) is 2.87. The van der Waals surface area contributed by atoms with Gasteiger partial charge in [0.2, 0.25) is 0 Å². The molecule has 1 N–H and O–H groups in total. The summed E-state index contributed by atoms with van der Waals surface area (Å²) in [6.07, 6.45) is 4.41. The first kappa shape index (κ1) is 10.5. The van der Waals surface area contributed by atoms with Crippen molar-refractivity contribution in [2.75, 3.05) is 0 Å². The van der Waals surface area contributed by atoms with Crippen molar-refractivity contribution in [3.63, 3.8) is 0 Å². The smallest absolute Gasteiger partial charge is 0.0935 e. The van der Waals surface area contributed by atoms with Crippen LogP contribution in [0.1, 0.15) is 43.6 Å². The van der Waals surface area contributed by atoms with E-state index in [1.54, 1.807) is 0 Å². The Morgan fingerprint density at radius 2 is 2.07 bits per heavy atom. The van der Waals surface area contributed by atoms with Crippen LogP contribution in [0.25, 0.3) is 0 Å². The van der Waals surface area contributed by atoms with Crippen LogP contribution in [0.4, 0.5) is 0 Å². The molecule has 0 aliphatic heterocycles. The highest BCUT2D eigenvalue weighted by atomic mass is 35.5. The summed E-state index contributed by atoms with van der Waals surface area (Å²) in [6.45, 7) is 2.18. The molecule has 3 heteroatoms. The zero-order chi connectivity index (χ0) is 10.2. The van der Waals surface area contributed by atoms with E-state index in [4.69, 9.17) is 11.6 Å². The molecule has 1 heterocycles. The lowest BCUT2D eigenvalue weighted by Gasteiger charge is -2.29. The van der Waals surface area contributed by atoms with Crippen molar-refractivity contribution in [2.24, 2.45) is 5.41 Å². The van der Waals surface area contributed by atoms with Crippen LogP contribution < -0.4 is 0 Å². The molecular weight excluding hydrogens is 216 g/mol. The maximum Gasteiger partial charge on any atom is 0.0935 e. The molecule has 78 valence electrons. The third-order valence-corrected chi connectivity index (χ3v) is 4.55. The van der Waals surface area contributed by atoms with Gasteiger partial charge in [0.1, 0.15) is 0 Å². The predicted molar refractivity (Wildman–Crippen MR) is 60.9 cm³/mol. The average Bonchev–Trinajstić information content (AvgIpc) is 2.74.